The van der Waals surface area contributed by atoms with Crippen LogP contribution in [0.15, 0.2) is 53.4 Å². The number of hydrogen-bond donors (Lipinski definition) is 1. The molecule has 0 radical (unpaired) electrons. The minimum atomic E-state index is -3.55. The fraction of sp³-hybridized carbons (Fsp3) is 0.440. The number of rotatable bonds is 9. The molecule has 1 N–H and O–H groups in total. The maximum atomic E-state index is 12.9. The summed E-state index contributed by atoms with van der Waals surface area (Å²) in [5.41, 5.74) is 2.39. The maximum Gasteiger partial charge on any atom is 0.243 e. The van der Waals surface area contributed by atoms with Crippen LogP contribution in [0.4, 0.5) is 0 Å². The molecule has 0 atom stereocenters. The standard InChI is InChI=1S/C25H32N4O3S/c1-4-29(5-2)33(31,32)20-12-13-22-21(18-20)26-23(28(22)3)14-15-24(30)27-25(16-9-17-25)19-10-7-6-8-11-19/h6-8,10-13,18H,4-5,9,14-17H2,1-3H3,(H,27,30). The summed E-state index contributed by atoms with van der Waals surface area (Å²) in [5.74, 6) is 0.773. The number of amides is 1. The Bertz CT molecular complexity index is 1240. The molecule has 1 saturated carbocycles. The van der Waals surface area contributed by atoms with E-state index in [4.69, 9.17) is 0 Å². The Labute approximate surface area is 195 Å². The number of benzene rings is 2. The molecule has 1 amide bonds. The minimum absolute atomic E-state index is 0.00964. The Morgan fingerprint density at radius 3 is 2.42 bits per heavy atom. The van der Waals surface area contributed by atoms with Gasteiger partial charge in [0.1, 0.15) is 5.82 Å². The van der Waals surface area contributed by atoms with Crippen molar-refractivity contribution < 1.29 is 13.2 Å². The lowest BCUT2D eigenvalue weighted by Crippen LogP contribution is -2.50. The number of carbonyl (C=O) groups excluding carboxylic acids is 1. The molecular weight excluding hydrogens is 436 g/mol. The lowest BCUT2D eigenvalue weighted by Gasteiger charge is -2.43. The third-order valence-corrected chi connectivity index (χ3v) is 8.82. The van der Waals surface area contributed by atoms with Crippen LogP contribution in [0.3, 0.4) is 0 Å². The van der Waals surface area contributed by atoms with E-state index in [2.05, 4.69) is 22.4 Å². The number of sulfonamides is 1. The van der Waals surface area contributed by atoms with Gasteiger partial charge in [0.15, 0.2) is 0 Å². The molecule has 8 heteroatoms. The average molecular weight is 469 g/mol. The first kappa shape index (κ1) is 23.4. The molecule has 2 aromatic carbocycles. The first-order valence-corrected chi connectivity index (χ1v) is 13.1. The highest BCUT2D eigenvalue weighted by atomic mass is 32.2. The summed E-state index contributed by atoms with van der Waals surface area (Å²) >= 11 is 0. The third kappa shape index (κ3) is 4.42. The van der Waals surface area contributed by atoms with Crippen LogP contribution in [0.2, 0.25) is 0 Å². The summed E-state index contributed by atoms with van der Waals surface area (Å²) in [5, 5.41) is 3.26. The molecule has 0 aliphatic heterocycles. The predicted molar refractivity (Wildman–Crippen MR) is 129 cm³/mol. The molecule has 1 aliphatic rings. The van der Waals surface area contributed by atoms with E-state index in [1.807, 2.05) is 43.7 Å². The van der Waals surface area contributed by atoms with Crippen molar-refractivity contribution in [2.75, 3.05) is 13.1 Å². The summed E-state index contributed by atoms with van der Waals surface area (Å²) < 4.78 is 29.1. The van der Waals surface area contributed by atoms with E-state index in [-0.39, 0.29) is 16.3 Å². The van der Waals surface area contributed by atoms with Crippen LogP contribution in [0.5, 0.6) is 0 Å². The van der Waals surface area contributed by atoms with Gasteiger partial charge in [0.2, 0.25) is 15.9 Å². The summed E-state index contributed by atoms with van der Waals surface area (Å²) in [6.45, 7) is 4.50. The zero-order valence-electron chi connectivity index (χ0n) is 19.5. The average Bonchev–Trinajstić information content (AvgIpc) is 3.11. The normalized spacial score (nSPS) is 15.5. The van der Waals surface area contributed by atoms with E-state index in [1.165, 1.54) is 4.31 Å². The first-order valence-electron chi connectivity index (χ1n) is 11.6. The SMILES string of the molecule is CCN(CC)S(=O)(=O)c1ccc2c(c1)nc(CCC(=O)NC1(c3ccccc3)CCC1)n2C. The Hall–Kier alpha value is -2.71. The smallest absolute Gasteiger partial charge is 0.243 e. The van der Waals surface area contributed by atoms with Gasteiger partial charge in [-0.2, -0.15) is 4.31 Å². The van der Waals surface area contributed by atoms with Gasteiger partial charge in [-0.05, 0) is 43.0 Å². The number of carbonyl (C=O) groups is 1. The predicted octanol–water partition coefficient (Wildman–Crippen LogP) is 3.73. The number of nitrogens with zero attached hydrogens (tertiary/aromatic N) is 3. The highest BCUT2D eigenvalue weighted by Gasteiger charge is 2.39. The van der Waals surface area contributed by atoms with Crippen LogP contribution >= 0.6 is 0 Å². The Morgan fingerprint density at radius 1 is 1.12 bits per heavy atom. The van der Waals surface area contributed by atoms with Crippen molar-refractivity contribution in [1.82, 2.24) is 19.2 Å². The van der Waals surface area contributed by atoms with E-state index in [0.29, 0.717) is 31.4 Å². The third-order valence-electron chi connectivity index (χ3n) is 6.78. The van der Waals surface area contributed by atoms with E-state index in [9.17, 15) is 13.2 Å². The zero-order valence-corrected chi connectivity index (χ0v) is 20.4. The van der Waals surface area contributed by atoms with Crippen LogP contribution in [0, 0.1) is 0 Å². The molecule has 176 valence electrons. The van der Waals surface area contributed by atoms with Crippen molar-refractivity contribution >= 4 is 27.0 Å². The molecular formula is C25H32N4O3S. The van der Waals surface area contributed by atoms with Crippen molar-refractivity contribution in [3.05, 3.63) is 59.9 Å². The first-order chi connectivity index (χ1) is 15.8. The number of fused-ring (bicyclic) bond motifs is 1. The Morgan fingerprint density at radius 2 is 1.82 bits per heavy atom. The molecule has 1 heterocycles. The van der Waals surface area contributed by atoms with Crippen LogP contribution in [-0.4, -0.2) is 41.3 Å². The number of aromatic nitrogens is 2. The molecule has 33 heavy (non-hydrogen) atoms. The fourth-order valence-corrected chi connectivity index (χ4v) is 6.13. The quantitative estimate of drug-likeness (QED) is 0.519. The number of hydrogen-bond acceptors (Lipinski definition) is 4. The highest BCUT2D eigenvalue weighted by Crippen LogP contribution is 2.41. The van der Waals surface area contributed by atoms with Crippen molar-refractivity contribution in [3.63, 3.8) is 0 Å². The van der Waals surface area contributed by atoms with E-state index in [1.54, 1.807) is 18.2 Å². The molecule has 0 unspecified atom stereocenters. The van der Waals surface area contributed by atoms with Gasteiger partial charge in [0.05, 0.1) is 21.5 Å². The van der Waals surface area contributed by atoms with Crippen LogP contribution in [0.25, 0.3) is 11.0 Å². The summed E-state index contributed by atoms with van der Waals surface area (Å²) in [7, 11) is -1.64. The minimum Gasteiger partial charge on any atom is -0.347 e. The Balaban J connectivity index is 1.49. The van der Waals surface area contributed by atoms with Crippen molar-refractivity contribution in [2.45, 2.75) is 56.4 Å². The van der Waals surface area contributed by atoms with Crippen molar-refractivity contribution in [3.8, 4) is 0 Å². The van der Waals surface area contributed by atoms with Gasteiger partial charge in [-0.1, -0.05) is 44.2 Å². The molecule has 3 aromatic rings. The molecule has 1 aromatic heterocycles. The molecule has 7 nitrogen and oxygen atoms in total. The molecule has 0 spiro atoms. The second kappa shape index (κ2) is 9.27. The molecule has 1 fully saturated rings. The number of imidazole rings is 1. The van der Waals surface area contributed by atoms with Gasteiger partial charge in [-0.25, -0.2) is 13.4 Å². The maximum absolute atomic E-state index is 12.9. The lowest BCUT2D eigenvalue weighted by atomic mass is 9.71. The second-order valence-electron chi connectivity index (χ2n) is 8.68. The van der Waals surface area contributed by atoms with Crippen molar-refractivity contribution in [1.29, 1.82) is 0 Å². The van der Waals surface area contributed by atoms with E-state index in [0.717, 1.165) is 36.2 Å². The largest absolute Gasteiger partial charge is 0.347 e. The highest BCUT2D eigenvalue weighted by molar-refractivity contribution is 7.89. The van der Waals surface area contributed by atoms with Crippen LogP contribution in [-0.2, 0) is 33.8 Å². The van der Waals surface area contributed by atoms with Gasteiger partial charge in [0, 0.05) is 33.0 Å². The lowest BCUT2D eigenvalue weighted by molar-refractivity contribution is -0.124. The number of nitrogens with one attached hydrogen (secondary N) is 1. The molecule has 0 saturated heterocycles. The topological polar surface area (TPSA) is 84.3 Å². The van der Waals surface area contributed by atoms with E-state index >= 15 is 0 Å². The molecule has 1 aliphatic carbocycles. The van der Waals surface area contributed by atoms with E-state index < -0.39 is 10.0 Å². The van der Waals surface area contributed by atoms with Gasteiger partial charge < -0.3 is 9.88 Å². The van der Waals surface area contributed by atoms with Gasteiger partial charge >= 0.3 is 0 Å². The summed E-state index contributed by atoms with van der Waals surface area (Å²) in [6, 6.07) is 15.2. The van der Waals surface area contributed by atoms with Crippen LogP contribution in [0.1, 0.15) is 50.9 Å². The zero-order chi connectivity index (χ0) is 23.6. The van der Waals surface area contributed by atoms with Crippen LogP contribution < -0.4 is 5.32 Å². The van der Waals surface area contributed by atoms with Gasteiger partial charge in [-0.3, -0.25) is 4.79 Å². The molecule has 0 bridgehead atoms. The Kier molecular flexibility index (Phi) is 6.59. The second-order valence-corrected chi connectivity index (χ2v) is 10.6. The fourth-order valence-electron chi connectivity index (χ4n) is 4.65. The summed E-state index contributed by atoms with van der Waals surface area (Å²) in [4.78, 5) is 17.7. The van der Waals surface area contributed by atoms with Gasteiger partial charge in [-0.15, -0.1) is 0 Å². The van der Waals surface area contributed by atoms with Crippen molar-refractivity contribution in [2.24, 2.45) is 7.05 Å². The summed E-state index contributed by atoms with van der Waals surface area (Å²) in [6.07, 6.45) is 3.84. The monoisotopic (exact) mass is 468 g/mol. The van der Waals surface area contributed by atoms with Gasteiger partial charge in [0.25, 0.3) is 0 Å². The molecule has 4 rings (SSSR count). The number of aryl methyl sites for hydroxylation is 2.